The fraction of sp³-hybridized carbons (Fsp3) is 0.318. The molecule has 0 bridgehead atoms. The maximum absolute atomic E-state index is 11.2. The van der Waals surface area contributed by atoms with Gasteiger partial charge in [-0.2, -0.15) is 5.10 Å². The van der Waals surface area contributed by atoms with Gasteiger partial charge in [0, 0.05) is 23.9 Å². The molecule has 0 saturated heterocycles. The molecule has 0 atom stereocenters. The molecule has 0 aliphatic rings. The van der Waals surface area contributed by atoms with Gasteiger partial charge in [-0.25, -0.2) is 0 Å². The van der Waals surface area contributed by atoms with Gasteiger partial charge >= 0.3 is 0 Å². The summed E-state index contributed by atoms with van der Waals surface area (Å²) in [6.45, 7) is 8.16. The minimum absolute atomic E-state index is 0.531. The molecule has 3 aromatic rings. The Morgan fingerprint density at radius 2 is 1.82 bits per heavy atom. The zero-order valence-electron chi connectivity index (χ0n) is 17.2. The number of hydrogen-bond acceptors (Lipinski definition) is 4. The van der Waals surface area contributed by atoms with Crippen molar-refractivity contribution >= 4 is 24.2 Å². The van der Waals surface area contributed by atoms with Crippen LogP contribution in [0.2, 0.25) is 0 Å². The highest BCUT2D eigenvalue weighted by molar-refractivity contribution is 7.71. The van der Waals surface area contributed by atoms with Crippen molar-refractivity contribution < 1.29 is 4.79 Å². The van der Waals surface area contributed by atoms with Crippen LogP contribution in [0.1, 0.15) is 49.2 Å². The lowest BCUT2D eigenvalue weighted by Gasteiger charge is -2.13. The SMILES string of the molecule is CC.CCc1cc(-c2n[nH]c(=S)n2-c2ccc(CC)c(NC)c2)ccc1C=O. The van der Waals surface area contributed by atoms with Gasteiger partial charge in [0.1, 0.15) is 6.29 Å². The van der Waals surface area contributed by atoms with Crippen LogP contribution in [0.5, 0.6) is 0 Å². The van der Waals surface area contributed by atoms with Gasteiger partial charge < -0.3 is 5.32 Å². The fourth-order valence-electron chi connectivity index (χ4n) is 3.14. The molecule has 0 aliphatic heterocycles. The second-order valence-electron chi connectivity index (χ2n) is 6.02. The Labute approximate surface area is 171 Å². The zero-order chi connectivity index (χ0) is 20.7. The molecule has 1 aromatic heterocycles. The number of hydrogen-bond donors (Lipinski definition) is 2. The van der Waals surface area contributed by atoms with Crippen LogP contribution in [0.3, 0.4) is 0 Å². The van der Waals surface area contributed by atoms with Crippen LogP contribution >= 0.6 is 12.2 Å². The smallest absolute Gasteiger partial charge is 0.200 e. The van der Waals surface area contributed by atoms with Gasteiger partial charge in [0.2, 0.25) is 0 Å². The number of benzene rings is 2. The fourth-order valence-corrected chi connectivity index (χ4v) is 3.38. The third kappa shape index (κ3) is 4.22. The molecule has 28 heavy (non-hydrogen) atoms. The van der Waals surface area contributed by atoms with E-state index in [4.69, 9.17) is 12.2 Å². The van der Waals surface area contributed by atoms with E-state index in [1.54, 1.807) is 0 Å². The highest BCUT2D eigenvalue weighted by Gasteiger charge is 2.13. The van der Waals surface area contributed by atoms with Crippen molar-refractivity contribution in [1.29, 1.82) is 0 Å². The number of rotatable bonds is 6. The van der Waals surface area contributed by atoms with E-state index in [-0.39, 0.29) is 0 Å². The number of nitrogens with one attached hydrogen (secondary N) is 2. The first kappa shape index (κ1) is 21.6. The molecule has 3 rings (SSSR count). The molecular weight excluding hydrogens is 368 g/mol. The van der Waals surface area contributed by atoms with E-state index in [0.717, 1.165) is 47.5 Å². The molecule has 148 valence electrons. The maximum Gasteiger partial charge on any atom is 0.200 e. The number of nitrogens with zero attached hydrogens (tertiary/aromatic N) is 2. The molecule has 6 heteroatoms. The van der Waals surface area contributed by atoms with Gasteiger partial charge in [0.15, 0.2) is 10.6 Å². The molecule has 0 fully saturated rings. The van der Waals surface area contributed by atoms with E-state index in [2.05, 4.69) is 40.6 Å². The number of aldehydes is 1. The first-order valence-corrected chi connectivity index (χ1v) is 10.1. The van der Waals surface area contributed by atoms with Gasteiger partial charge in [-0.05, 0) is 54.4 Å². The second kappa shape index (κ2) is 9.99. The average Bonchev–Trinajstić information content (AvgIpc) is 3.15. The average molecular weight is 397 g/mol. The standard InChI is InChI=1S/C20H22N4OS.C2H6/c1-4-13-8-9-17(11-18(13)21-3)24-19(22-23-20(24)26)15-6-7-16(12-25)14(5-2)10-15;1-2/h6-12,21H,4-5H2,1-3H3,(H,23,26);1-2H3. The monoisotopic (exact) mass is 396 g/mol. The minimum atomic E-state index is 0.531. The normalized spacial score (nSPS) is 10.2. The summed E-state index contributed by atoms with van der Waals surface area (Å²) < 4.78 is 2.45. The molecule has 0 saturated carbocycles. The molecular formula is C22H28N4OS. The number of aryl methyl sites for hydroxylation is 2. The van der Waals surface area contributed by atoms with Crippen molar-refractivity contribution in [3.05, 3.63) is 57.9 Å². The predicted molar refractivity (Wildman–Crippen MR) is 119 cm³/mol. The lowest BCUT2D eigenvalue weighted by Crippen LogP contribution is -2.02. The summed E-state index contributed by atoms with van der Waals surface area (Å²) in [5.41, 5.74) is 5.89. The van der Waals surface area contributed by atoms with E-state index in [1.807, 2.05) is 50.6 Å². The summed E-state index contributed by atoms with van der Waals surface area (Å²) in [6.07, 6.45) is 2.62. The topological polar surface area (TPSA) is 62.7 Å². The van der Waals surface area contributed by atoms with Crippen molar-refractivity contribution in [2.45, 2.75) is 40.5 Å². The Kier molecular flexibility index (Phi) is 7.70. The first-order valence-electron chi connectivity index (χ1n) is 9.69. The number of carbonyl (C=O) groups is 1. The van der Waals surface area contributed by atoms with Crippen LogP contribution in [0.25, 0.3) is 17.1 Å². The molecule has 0 radical (unpaired) electrons. The highest BCUT2D eigenvalue weighted by atomic mass is 32.1. The van der Waals surface area contributed by atoms with E-state index in [0.29, 0.717) is 10.3 Å². The molecule has 5 nitrogen and oxygen atoms in total. The zero-order valence-corrected chi connectivity index (χ0v) is 18.0. The third-order valence-electron chi connectivity index (χ3n) is 4.58. The summed E-state index contributed by atoms with van der Waals surface area (Å²) in [6, 6.07) is 12.0. The number of carbonyl (C=O) groups excluding carboxylic acids is 1. The van der Waals surface area contributed by atoms with Crippen LogP contribution in [0.4, 0.5) is 5.69 Å². The van der Waals surface area contributed by atoms with Crippen LogP contribution in [-0.4, -0.2) is 28.1 Å². The van der Waals surface area contributed by atoms with Gasteiger partial charge in [0.05, 0.1) is 5.69 Å². The number of H-pyrrole nitrogens is 1. The molecule has 2 aromatic carbocycles. The van der Waals surface area contributed by atoms with E-state index >= 15 is 0 Å². The van der Waals surface area contributed by atoms with Crippen LogP contribution in [0, 0.1) is 4.77 Å². The molecule has 0 spiro atoms. The molecule has 2 N–H and O–H groups in total. The lowest BCUT2D eigenvalue weighted by atomic mass is 10.0. The molecule has 0 aliphatic carbocycles. The predicted octanol–water partition coefficient (Wildman–Crippen LogP) is 5.60. The van der Waals surface area contributed by atoms with Gasteiger partial charge in [-0.1, -0.05) is 45.9 Å². The number of anilines is 1. The van der Waals surface area contributed by atoms with Gasteiger partial charge in [0.25, 0.3) is 0 Å². The Bertz CT molecular complexity index is 1000. The van der Waals surface area contributed by atoms with Crippen molar-refractivity contribution in [3.8, 4) is 17.1 Å². The number of aromatic nitrogens is 3. The van der Waals surface area contributed by atoms with E-state index in [9.17, 15) is 4.79 Å². The van der Waals surface area contributed by atoms with Crippen LogP contribution < -0.4 is 5.32 Å². The Balaban J connectivity index is 0.00000136. The van der Waals surface area contributed by atoms with Crippen molar-refractivity contribution in [3.63, 3.8) is 0 Å². The minimum Gasteiger partial charge on any atom is -0.388 e. The second-order valence-corrected chi connectivity index (χ2v) is 6.40. The van der Waals surface area contributed by atoms with Crippen molar-refractivity contribution in [1.82, 2.24) is 14.8 Å². The maximum atomic E-state index is 11.2. The Morgan fingerprint density at radius 3 is 2.43 bits per heavy atom. The van der Waals surface area contributed by atoms with Crippen LogP contribution in [-0.2, 0) is 12.8 Å². The van der Waals surface area contributed by atoms with Gasteiger partial charge in [-0.3, -0.25) is 14.5 Å². The molecule has 0 amide bonds. The van der Waals surface area contributed by atoms with E-state index < -0.39 is 0 Å². The first-order chi connectivity index (χ1) is 13.6. The largest absolute Gasteiger partial charge is 0.388 e. The Morgan fingerprint density at radius 1 is 1.11 bits per heavy atom. The Hall–Kier alpha value is -2.73. The number of aromatic amines is 1. The van der Waals surface area contributed by atoms with E-state index in [1.165, 1.54) is 5.56 Å². The van der Waals surface area contributed by atoms with Crippen LogP contribution in [0.15, 0.2) is 36.4 Å². The highest BCUT2D eigenvalue weighted by Crippen LogP contribution is 2.27. The summed E-state index contributed by atoms with van der Waals surface area (Å²) >= 11 is 5.47. The van der Waals surface area contributed by atoms with Gasteiger partial charge in [-0.15, -0.1) is 0 Å². The van der Waals surface area contributed by atoms with Crippen molar-refractivity contribution in [2.75, 3.05) is 12.4 Å². The third-order valence-corrected chi connectivity index (χ3v) is 4.86. The summed E-state index contributed by atoms with van der Waals surface area (Å²) in [7, 11) is 1.92. The summed E-state index contributed by atoms with van der Waals surface area (Å²) in [5, 5.41) is 10.6. The quantitative estimate of drug-likeness (QED) is 0.420. The summed E-state index contributed by atoms with van der Waals surface area (Å²) in [4.78, 5) is 11.2. The van der Waals surface area contributed by atoms with Crippen molar-refractivity contribution in [2.24, 2.45) is 0 Å². The summed E-state index contributed by atoms with van der Waals surface area (Å²) in [5.74, 6) is 0.730. The molecule has 0 unspecified atom stereocenters. The molecule has 1 heterocycles. The lowest BCUT2D eigenvalue weighted by molar-refractivity contribution is 0.112.